The van der Waals surface area contributed by atoms with Crippen molar-refractivity contribution in [2.75, 3.05) is 6.61 Å². The number of phosphoric ester groups is 1. The third kappa shape index (κ3) is 7.01. The van der Waals surface area contributed by atoms with Gasteiger partial charge in [0.25, 0.3) is 0 Å². The summed E-state index contributed by atoms with van der Waals surface area (Å²) >= 11 is 0. The van der Waals surface area contributed by atoms with Crippen molar-refractivity contribution < 1.29 is 33.9 Å². The second-order valence-corrected chi connectivity index (χ2v) is 7.21. The number of aromatic amines is 1. The molecule has 0 bridgehead atoms. The summed E-state index contributed by atoms with van der Waals surface area (Å²) in [5.74, 6) is 0. The maximum absolute atomic E-state index is 10.1. The summed E-state index contributed by atoms with van der Waals surface area (Å²) in [5.41, 5.74) is 3.72. The molecule has 0 unspecified atom stereocenters. The molecule has 1 aromatic heterocycles. The highest BCUT2D eigenvalue weighted by Gasteiger charge is 2.21. The van der Waals surface area contributed by atoms with Crippen LogP contribution in [0, 0.1) is 0 Å². The SMILES string of the molecule is O=CC[C@H](O)[C@H](O)COP(=O)(O)O.c1ccc(-c2ccc3[nH]ccc3c2)cc1. The minimum Gasteiger partial charge on any atom is -0.390 e. The molecule has 0 aliphatic rings. The molecule has 5 N–H and O–H groups in total. The van der Waals surface area contributed by atoms with Crippen molar-refractivity contribution in [1.29, 1.82) is 0 Å². The lowest BCUT2D eigenvalue weighted by atomic mass is 10.0. The molecule has 1 heterocycles. The highest BCUT2D eigenvalue weighted by molar-refractivity contribution is 7.46. The van der Waals surface area contributed by atoms with Crippen LogP contribution < -0.4 is 0 Å². The second-order valence-electron chi connectivity index (χ2n) is 5.97. The fourth-order valence-electron chi connectivity index (χ4n) is 2.40. The number of fused-ring (bicyclic) bond motifs is 1. The minimum atomic E-state index is -4.64. The molecule has 0 saturated heterocycles. The van der Waals surface area contributed by atoms with E-state index in [1.54, 1.807) is 0 Å². The molecule has 0 aliphatic heterocycles. The standard InChI is InChI=1S/C14H11N.C5H11O7P/c1-2-4-11(5-3-1)12-6-7-14-13(10-12)8-9-15-14;6-2-1-4(7)5(8)3-12-13(9,10)11/h1-10,15H;2,4-5,7-8H,1,3H2,(H2,9,10,11)/t;4-,5+/m.0/s1. The smallest absolute Gasteiger partial charge is 0.390 e. The number of phosphoric acid groups is 1. The molecule has 150 valence electrons. The van der Waals surface area contributed by atoms with Gasteiger partial charge < -0.3 is 29.8 Å². The van der Waals surface area contributed by atoms with Gasteiger partial charge in [-0.2, -0.15) is 0 Å². The average Bonchev–Trinajstić information content (AvgIpc) is 3.14. The first-order valence-electron chi connectivity index (χ1n) is 8.42. The van der Waals surface area contributed by atoms with Crippen molar-refractivity contribution in [3.8, 4) is 11.1 Å². The highest BCUT2D eigenvalue weighted by Crippen LogP contribution is 2.35. The van der Waals surface area contributed by atoms with E-state index in [1.807, 2.05) is 12.3 Å². The minimum absolute atomic E-state index is 0.314. The first-order valence-corrected chi connectivity index (χ1v) is 9.95. The van der Waals surface area contributed by atoms with Gasteiger partial charge in [-0.1, -0.05) is 36.4 Å². The molecule has 3 rings (SSSR count). The quantitative estimate of drug-likeness (QED) is 0.299. The van der Waals surface area contributed by atoms with Gasteiger partial charge in [-0.3, -0.25) is 4.52 Å². The lowest BCUT2D eigenvalue weighted by molar-refractivity contribution is -0.111. The van der Waals surface area contributed by atoms with Gasteiger partial charge in [-0.15, -0.1) is 0 Å². The molecule has 28 heavy (non-hydrogen) atoms. The van der Waals surface area contributed by atoms with Crippen molar-refractivity contribution in [2.24, 2.45) is 0 Å². The number of aldehydes is 1. The molecule has 8 nitrogen and oxygen atoms in total. The van der Waals surface area contributed by atoms with Gasteiger partial charge in [0.2, 0.25) is 0 Å². The van der Waals surface area contributed by atoms with Crippen LogP contribution >= 0.6 is 7.82 Å². The summed E-state index contributed by atoms with van der Waals surface area (Å²) in [6.45, 7) is -0.723. The summed E-state index contributed by atoms with van der Waals surface area (Å²) in [6.07, 6.45) is -0.821. The third-order valence-electron chi connectivity index (χ3n) is 3.86. The van der Waals surface area contributed by atoms with Crippen molar-refractivity contribution in [2.45, 2.75) is 18.6 Å². The predicted octanol–water partition coefficient (Wildman–Crippen LogP) is 2.24. The number of rotatable bonds is 7. The Balaban J connectivity index is 0.000000204. The summed E-state index contributed by atoms with van der Waals surface area (Å²) in [4.78, 5) is 29.5. The number of nitrogens with one attached hydrogen (secondary N) is 1. The molecule has 0 aliphatic carbocycles. The first-order chi connectivity index (χ1) is 13.3. The Labute approximate surface area is 161 Å². The van der Waals surface area contributed by atoms with Crippen molar-refractivity contribution in [3.05, 3.63) is 60.8 Å². The van der Waals surface area contributed by atoms with E-state index in [4.69, 9.17) is 20.0 Å². The van der Waals surface area contributed by atoms with E-state index in [9.17, 15) is 9.36 Å². The first kappa shape index (κ1) is 22.0. The molecule has 9 heteroatoms. The summed E-state index contributed by atoms with van der Waals surface area (Å²) in [6, 6.07) is 19.0. The number of hydrogen-bond acceptors (Lipinski definition) is 5. The number of carbonyl (C=O) groups excluding carboxylic acids is 1. The Morgan fingerprint density at radius 3 is 2.36 bits per heavy atom. The number of hydrogen-bond donors (Lipinski definition) is 5. The van der Waals surface area contributed by atoms with Crippen LogP contribution in [0.5, 0.6) is 0 Å². The van der Waals surface area contributed by atoms with Gasteiger partial charge in [-0.05, 0) is 34.7 Å². The lowest BCUT2D eigenvalue weighted by Crippen LogP contribution is -2.30. The molecular weight excluding hydrogens is 385 g/mol. The van der Waals surface area contributed by atoms with Gasteiger partial charge in [0.15, 0.2) is 0 Å². The van der Waals surface area contributed by atoms with Gasteiger partial charge in [0.1, 0.15) is 12.4 Å². The van der Waals surface area contributed by atoms with Gasteiger partial charge in [0.05, 0.1) is 12.7 Å². The van der Waals surface area contributed by atoms with Gasteiger partial charge in [0, 0.05) is 18.1 Å². The lowest BCUT2D eigenvalue weighted by Gasteiger charge is -2.15. The number of aliphatic hydroxyl groups is 2. The Kier molecular flexibility index (Phi) is 8.07. The summed E-state index contributed by atoms with van der Waals surface area (Å²) in [5, 5.41) is 19.1. The van der Waals surface area contributed by atoms with E-state index in [0.29, 0.717) is 6.29 Å². The Morgan fingerprint density at radius 2 is 1.71 bits per heavy atom. The molecular formula is C19H22NO7P. The van der Waals surface area contributed by atoms with E-state index in [2.05, 4.69) is 58.0 Å². The van der Waals surface area contributed by atoms with E-state index in [0.717, 1.165) is 0 Å². The van der Waals surface area contributed by atoms with E-state index in [1.165, 1.54) is 22.0 Å². The average molecular weight is 407 g/mol. The van der Waals surface area contributed by atoms with Crippen LogP contribution in [-0.4, -0.2) is 50.1 Å². The van der Waals surface area contributed by atoms with Crippen LogP contribution in [0.15, 0.2) is 60.8 Å². The summed E-state index contributed by atoms with van der Waals surface area (Å²) in [7, 11) is -4.64. The topological polar surface area (TPSA) is 140 Å². The molecule has 0 radical (unpaired) electrons. The monoisotopic (exact) mass is 407 g/mol. The van der Waals surface area contributed by atoms with Crippen LogP contribution in [0.2, 0.25) is 0 Å². The number of aliphatic hydroxyl groups excluding tert-OH is 2. The highest BCUT2D eigenvalue weighted by atomic mass is 31.2. The van der Waals surface area contributed by atoms with Gasteiger partial charge >= 0.3 is 7.82 Å². The second kappa shape index (κ2) is 10.3. The maximum atomic E-state index is 10.1. The Bertz CT molecular complexity index is 922. The zero-order valence-corrected chi connectivity index (χ0v) is 15.8. The molecule has 2 atom stereocenters. The third-order valence-corrected chi connectivity index (χ3v) is 4.34. The van der Waals surface area contributed by atoms with Crippen LogP contribution in [0.25, 0.3) is 22.0 Å². The van der Waals surface area contributed by atoms with Crippen molar-refractivity contribution in [3.63, 3.8) is 0 Å². The Morgan fingerprint density at radius 1 is 1.00 bits per heavy atom. The van der Waals surface area contributed by atoms with E-state index < -0.39 is 26.6 Å². The molecule has 3 aromatic rings. The van der Waals surface area contributed by atoms with E-state index in [-0.39, 0.29) is 6.42 Å². The zero-order chi connectivity index (χ0) is 20.6. The molecule has 0 spiro atoms. The number of aromatic nitrogens is 1. The van der Waals surface area contributed by atoms with Crippen molar-refractivity contribution >= 4 is 25.0 Å². The maximum Gasteiger partial charge on any atom is 0.469 e. The number of benzene rings is 2. The fraction of sp³-hybridized carbons (Fsp3) is 0.211. The van der Waals surface area contributed by atoms with Crippen LogP contribution in [0.4, 0.5) is 0 Å². The van der Waals surface area contributed by atoms with Crippen LogP contribution in [0.3, 0.4) is 0 Å². The predicted molar refractivity (Wildman–Crippen MR) is 104 cm³/mol. The van der Waals surface area contributed by atoms with Crippen LogP contribution in [-0.2, 0) is 13.9 Å². The normalized spacial score (nSPS) is 13.4. The Hall–Kier alpha value is -2.32. The molecule has 0 fully saturated rings. The number of carbonyl (C=O) groups is 1. The van der Waals surface area contributed by atoms with E-state index >= 15 is 0 Å². The van der Waals surface area contributed by atoms with Crippen molar-refractivity contribution in [1.82, 2.24) is 4.98 Å². The van der Waals surface area contributed by atoms with Crippen LogP contribution in [0.1, 0.15) is 6.42 Å². The van der Waals surface area contributed by atoms with Gasteiger partial charge in [-0.25, -0.2) is 4.57 Å². The summed E-state index contributed by atoms with van der Waals surface area (Å²) < 4.78 is 14.0. The zero-order valence-electron chi connectivity index (χ0n) is 14.9. The fourth-order valence-corrected chi connectivity index (χ4v) is 2.75. The molecule has 0 amide bonds. The molecule has 2 aromatic carbocycles. The largest absolute Gasteiger partial charge is 0.469 e. The molecule has 0 saturated carbocycles. The number of H-pyrrole nitrogens is 1.